The van der Waals surface area contributed by atoms with E-state index in [0.29, 0.717) is 23.8 Å². The van der Waals surface area contributed by atoms with E-state index in [9.17, 15) is 4.79 Å². The van der Waals surface area contributed by atoms with Gasteiger partial charge in [0, 0.05) is 42.5 Å². The van der Waals surface area contributed by atoms with Crippen molar-refractivity contribution in [2.24, 2.45) is 0 Å². The predicted molar refractivity (Wildman–Crippen MR) is 112 cm³/mol. The number of hydrogen-bond acceptors (Lipinski definition) is 5. The molecule has 2 aromatic rings. The molecule has 0 unspecified atom stereocenters. The lowest BCUT2D eigenvalue weighted by Gasteiger charge is -2.33. The van der Waals surface area contributed by atoms with Crippen LogP contribution >= 0.6 is 11.6 Å². The molecule has 2 heterocycles. The highest BCUT2D eigenvalue weighted by molar-refractivity contribution is 6.31. The summed E-state index contributed by atoms with van der Waals surface area (Å²) in [6.45, 7) is 6.18. The van der Waals surface area contributed by atoms with Crippen molar-refractivity contribution in [2.45, 2.75) is 0 Å². The molecule has 0 spiro atoms. The van der Waals surface area contributed by atoms with Crippen molar-refractivity contribution < 1.29 is 14.3 Å². The van der Waals surface area contributed by atoms with Crippen LogP contribution in [0.5, 0.6) is 0 Å². The Bertz CT molecular complexity index is 833. The molecule has 28 heavy (non-hydrogen) atoms. The molecule has 1 N–H and O–H groups in total. The second kappa shape index (κ2) is 8.82. The highest BCUT2D eigenvalue weighted by atomic mass is 35.5. The van der Waals surface area contributed by atoms with E-state index in [2.05, 4.69) is 27.2 Å². The maximum absolute atomic E-state index is 12.7. The molecule has 0 aliphatic carbocycles. The second-order valence-electron chi connectivity index (χ2n) is 6.86. The lowest BCUT2D eigenvalue weighted by molar-refractivity contribution is 0.102. The molecule has 0 atom stereocenters. The topological polar surface area (TPSA) is 54.0 Å². The van der Waals surface area contributed by atoms with Gasteiger partial charge in [0.05, 0.1) is 37.8 Å². The van der Waals surface area contributed by atoms with E-state index in [1.54, 1.807) is 24.3 Å². The van der Waals surface area contributed by atoms with Crippen LogP contribution in [0.4, 0.5) is 17.1 Å². The molecule has 7 heteroatoms. The number of benzene rings is 2. The molecular weight excluding hydrogens is 378 g/mol. The molecule has 2 fully saturated rings. The van der Waals surface area contributed by atoms with Crippen LogP contribution in [-0.2, 0) is 9.47 Å². The first-order chi connectivity index (χ1) is 13.7. The van der Waals surface area contributed by atoms with Gasteiger partial charge in [0.1, 0.15) is 0 Å². The molecule has 2 saturated heterocycles. The number of nitrogens with one attached hydrogen (secondary N) is 1. The Labute approximate surface area is 170 Å². The maximum atomic E-state index is 12.7. The fourth-order valence-electron chi connectivity index (χ4n) is 3.53. The third kappa shape index (κ3) is 4.41. The van der Waals surface area contributed by atoms with Gasteiger partial charge in [-0.3, -0.25) is 4.79 Å². The Morgan fingerprint density at radius 1 is 0.893 bits per heavy atom. The zero-order valence-electron chi connectivity index (χ0n) is 15.7. The maximum Gasteiger partial charge on any atom is 0.255 e. The van der Waals surface area contributed by atoms with E-state index in [4.69, 9.17) is 21.1 Å². The van der Waals surface area contributed by atoms with Gasteiger partial charge in [-0.1, -0.05) is 17.7 Å². The number of halogens is 1. The number of carbonyl (C=O) groups excluding carboxylic acids is 1. The molecule has 2 aliphatic rings. The van der Waals surface area contributed by atoms with E-state index in [1.165, 1.54) is 0 Å². The lowest BCUT2D eigenvalue weighted by Crippen LogP contribution is -2.38. The van der Waals surface area contributed by atoms with Gasteiger partial charge in [-0.05, 0) is 36.4 Å². The molecular formula is C21H24ClN3O3. The largest absolute Gasteiger partial charge is 0.378 e. The van der Waals surface area contributed by atoms with Crippen molar-refractivity contribution in [3.8, 4) is 0 Å². The quantitative estimate of drug-likeness (QED) is 0.852. The Kier molecular flexibility index (Phi) is 6.00. The minimum atomic E-state index is -0.170. The average molecular weight is 402 g/mol. The van der Waals surface area contributed by atoms with Crippen LogP contribution in [0, 0.1) is 0 Å². The number of morpholine rings is 2. The lowest BCUT2D eigenvalue weighted by atomic mass is 10.1. The fourth-order valence-corrected chi connectivity index (χ4v) is 3.72. The van der Waals surface area contributed by atoms with E-state index in [1.807, 2.05) is 6.07 Å². The summed E-state index contributed by atoms with van der Waals surface area (Å²) in [7, 11) is 0. The average Bonchev–Trinajstić information content (AvgIpc) is 2.75. The number of amides is 1. The summed E-state index contributed by atoms with van der Waals surface area (Å²) in [4.78, 5) is 17.3. The van der Waals surface area contributed by atoms with Gasteiger partial charge in [-0.15, -0.1) is 0 Å². The van der Waals surface area contributed by atoms with Gasteiger partial charge in [0.15, 0.2) is 0 Å². The van der Waals surface area contributed by atoms with Crippen molar-refractivity contribution in [3.05, 3.63) is 53.1 Å². The van der Waals surface area contributed by atoms with Gasteiger partial charge in [-0.25, -0.2) is 0 Å². The van der Waals surface area contributed by atoms with Crippen molar-refractivity contribution in [3.63, 3.8) is 0 Å². The summed E-state index contributed by atoms with van der Waals surface area (Å²) in [6, 6.07) is 13.2. The summed E-state index contributed by atoms with van der Waals surface area (Å²) in [6.07, 6.45) is 0. The van der Waals surface area contributed by atoms with Crippen molar-refractivity contribution in [2.75, 3.05) is 67.7 Å². The number of carbonyl (C=O) groups is 1. The Balaban J connectivity index is 1.62. The molecule has 1 amide bonds. The summed E-state index contributed by atoms with van der Waals surface area (Å²) >= 11 is 6.03. The Morgan fingerprint density at radius 3 is 2.25 bits per heavy atom. The summed E-state index contributed by atoms with van der Waals surface area (Å²) in [5.74, 6) is -0.170. The molecule has 0 saturated carbocycles. The molecule has 0 aromatic heterocycles. The van der Waals surface area contributed by atoms with Crippen molar-refractivity contribution in [1.82, 2.24) is 0 Å². The summed E-state index contributed by atoms with van der Waals surface area (Å²) in [5.41, 5.74) is 3.50. The van der Waals surface area contributed by atoms with Gasteiger partial charge in [0.25, 0.3) is 5.91 Å². The van der Waals surface area contributed by atoms with E-state index >= 15 is 0 Å². The number of rotatable bonds is 4. The van der Waals surface area contributed by atoms with Crippen molar-refractivity contribution >= 4 is 34.6 Å². The molecule has 6 nitrogen and oxygen atoms in total. The van der Waals surface area contributed by atoms with Crippen LogP contribution in [-0.4, -0.2) is 58.5 Å². The third-order valence-corrected chi connectivity index (χ3v) is 5.28. The number of anilines is 3. The molecule has 148 valence electrons. The Morgan fingerprint density at radius 2 is 1.57 bits per heavy atom. The molecule has 2 aliphatic heterocycles. The highest BCUT2D eigenvalue weighted by Gasteiger charge is 2.20. The van der Waals surface area contributed by atoms with E-state index in [0.717, 1.165) is 56.5 Å². The number of nitrogens with zero attached hydrogens (tertiary/aromatic N) is 2. The number of hydrogen-bond donors (Lipinski definition) is 1. The van der Waals surface area contributed by atoms with E-state index < -0.39 is 0 Å². The molecule has 0 bridgehead atoms. The minimum absolute atomic E-state index is 0.170. The summed E-state index contributed by atoms with van der Waals surface area (Å²) in [5, 5.41) is 3.60. The number of ether oxygens (including phenoxy) is 2. The van der Waals surface area contributed by atoms with Crippen LogP contribution in [0.25, 0.3) is 0 Å². The van der Waals surface area contributed by atoms with Crippen LogP contribution < -0.4 is 15.1 Å². The first kappa shape index (κ1) is 19.1. The first-order valence-corrected chi connectivity index (χ1v) is 9.95. The predicted octanol–water partition coefficient (Wildman–Crippen LogP) is 3.27. The third-order valence-electron chi connectivity index (χ3n) is 5.04. The normalized spacial score (nSPS) is 17.5. The van der Waals surface area contributed by atoms with Crippen LogP contribution in [0.2, 0.25) is 5.02 Å². The SMILES string of the molecule is O=C(Nc1ccc(N2CCOCC2)cc1N1CCOCC1)c1cccc(Cl)c1. The standard InChI is InChI=1S/C21H24ClN3O3/c22-17-3-1-2-16(14-17)21(26)23-19-5-4-18(24-6-10-27-11-7-24)15-20(19)25-8-12-28-13-9-25/h1-5,14-15H,6-13H2,(H,23,26). The summed E-state index contributed by atoms with van der Waals surface area (Å²) < 4.78 is 11.0. The second-order valence-corrected chi connectivity index (χ2v) is 7.30. The highest BCUT2D eigenvalue weighted by Crippen LogP contribution is 2.32. The van der Waals surface area contributed by atoms with Gasteiger partial charge >= 0.3 is 0 Å². The van der Waals surface area contributed by atoms with Crippen LogP contribution in [0.1, 0.15) is 10.4 Å². The minimum Gasteiger partial charge on any atom is -0.378 e. The van der Waals surface area contributed by atoms with Crippen LogP contribution in [0.3, 0.4) is 0 Å². The fraction of sp³-hybridized carbons (Fsp3) is 0.381. The van der Waals surface area contributed by atoms with Crippen molar-refractivity contribution in [1.29, 1.82) is 0 Å². The van der Waals surface area contributed by atoms with Gasteiger partial charge in [0.2, 0.25) is 0 Å². The van der Waals surface area contributed by atoms with E-state index in [-0.39, 0.29) is 5.91 Å². The molecule has 2 aromatic carbocycles. The van der Waals surface area contributed by atoms with Gasteiger partial charge < -0.3 is 24.6 Å². The smallest absolute Gasteiger partial charge is 0.255 e. The Hall–Kier alpha value is -2.28. The molecule has 4 rings (SSSR count). The first-order valence-electron chi connectivity index (χ1n) is 9.57. The monoisotopic (exact) mass is 401 g/mol. The zero-order chi connectivity index (χ0) is 19.3. The van der Waals surface area contributed by atoms with Gasteiger partial charge in [-0.2, -0.15) is 0 Å². The molecule has 0 radical (unpaired) electrons. The zero-order valence-corrected chi connectivity index (χ0v) is 16.5. The van der Waals surface area contributed by atoms with Crippen LogP contribution in [0.15, 0.2) is 42.5 Å².